The number of benzene rings is 1. The summed E-state index contributed by atoms with van der Waals surface area (Å²) >= 11 is 0. The van der Waals surface area contributed by atoms with Crippen LogP contribution in [0.5, 0.6) is 11.5 Å². The van der Waals surface area contributed by atoms with E-state index in [4.69, 9.17) is 14.2 Å². The van der Waals surface area contributed by atoms with Crippen LogP contribution < -0.4 is 9.47 Å². The van der Waals surface area contributed by atoms with Crippen molar-refractivity contribution >= 4 is 0 Å². The molecular weight excluding hydrogens is 426 g/mol. The lowest BCUT2D eigenvalue weighted by atomic mass is 9.75. The molecule has 2 unspecified atom stereocenters. The first-order chi connectivity index (χ1) is 16.7. The van der Waals surface area contributed by atoms with Crippen molar-refractivity contribution in [2.45, 2.75) is 63.9 Å². The molecule has 0 radical (unpaired) electrons. The van der Waals surface area contributed by atoms with Gasteiger partial charge in [-0.05, 0) is 55.2 Å². The topological polar surface area (TPSA) is 60.8 Å². The molecule has 34 heavy (non-hydrogen) atoms. The molecule has 1 heterocycles. The molecule has 1 aromatic heterocycles. The molecule has 2 atom stereocenters. The molecule has 0 bridgehead atoms. The van der Waals surface area contributed by atoms with Crippen LogP contribution in [0.25, 0.3) is 0 Å². The minimum absolute atomic E-state index is 0.0922. The van der Waals surface area contributed by atoms with Crippen LogP contribution in [0.4, 0.5) is 0 Å². The van der Waals surface area contributed by atoms with E-state index >= 15 is 0 Å². The van der Waals surface area contributed by atoms with E-state index in [0.717, 1.165) is 30.6 Å². The van der Waals surface area contributed by atoms with Gasteiger partial charge >= 0.3 is 0 Å². The molecule has 5 nitrogen and oxygen atoms in total. The van der Waals surface area contributed by atoms with Crippen molar-refractivity contribution in [3.8, 4) is 11.5 Å². The van der Waals surface area contributed by atoms with Crippen LogP contribution in [0.15, 0.2) is 67.0 Å². The minimum atomic E-state index is -1.18. The number of unbranched alkanes of at least 4 members (excludes halogenated alkanes) is 5. The Kier molecular flexibility index (Phi) is 10.6. The van der Waals surface area contributed by atoms with Gasteiger partial charge in [-0.25, -0.2) is 0 Å². The van der Waals surface area contributed by atoms with E-state index in [1.165, 1.54) is 37.7 Å². The lowest BCUT2D eigenvalue weighted by Crippen LogP contribution is -2.34. The predicted molar refractivity (Wildman–Crippen MR) is 136 cm³/mol. The summed E-state index contributed by atoms with van der Waals surface area (Å²) in [5.41, 5.74) is 0.745. The zero-order chi connectivity index (χ0) is 24.1. The van der Waals surface area contributed by atoms with Crippen molar-refractivity contribution in [2.75, 3.05) is 20.5 Å². The molecule has 1 aromatic carbocycles. The highest BCUT2D eigenvalue weighted by molar-refractivity contribution is 5.48. The number of aromatic nitrogens is 1. The summed E-state index contributed by atoms with van der Waals surface area (Å²) in [6, 6.07) is 9.76. The van der Waals surface area contributed by atoms with Crippen LogP contribution in [0.3, 0.4) is 0 Å². The predicted octanol–water partition coefficient (Wildman–Crippen LogP) is 6.37. The largest absolute Gasteiger partial charge is 0.493 e. The Balaban J connectivity index is 1.70. The average molecular weight is 466 g/mol. The Morgan fingerprint density at radius 3 is 2.56 bits per heavy atom. The van der Waals surface area contributed by atoms with Gasteiger partial charge in [-0.15, -0.1) is 0 Å². The van der Waals surface area contributed by atoms with E-state index in [2.05, 4.69) is 18.0 Å². The molecule has 3 rings (SSSR count). The Morgan fingerprint density at radius 2 is 1.76 bits per heavy atom. The summed E-state index contributed by atoms with van der Waals surface area (Å²) in [5, 5.41) is 11.9. The van der Waals surface area contributed by atoms with Crippen LogP contribution in [0.1, 0.15) is 63.0 Å². The molecule has 0 saturated heterocycles. The smallest absolute Gasteiger partial charge is 0.188 e. The number of pyridine rings is 1. The average Bonchev–Trinajstić information content (AvgIpc) is 2.87. The van der Waals surface area contributed by atoms with Crippen LogP contribution in [0, 0.1) is 5.92 Å². The van der Waals surface area contributed by atoms with Crippen molar-refractivity contribution < 1.29 is 19.3 Å². The van der Waals surface area contributed by atoms with Gasteiger partial charge in [0.05, 0.1) is 6.61 Å². The summed E-state index contributed by atoms with van der Waals surface area (Å²) in [6.07, 6.45) is 20.4. The number of rotatable bonds is 15. The van der Waals surface area contributed by atoms with Gasteiger partial charge in [-0.2, -0.15) is 0 Å². The second-order valence-corrected chi connectivity index (χ2v) is 8.90. The maximum Gasteiger partial charge on any atom is 0.188 e. The molecule has 184 valence electrons. The SMILES string of the molecule is CCCCCCCCOc1ccc(C2(O)C=CC=CC2CCc2ccncc2)c(OCOC)c1. The molecule has 1 N–H and O–H groups in total. The van der Waals surface area contributed by atoms with Crippen LogP contribution in [-0.4, -0.2) is 30.6 Å². The van der Waals surface area contributed by atoms with Crippen molar-refractivity contribution in [2.24, 2.45) is 5.92 Å². The highest BCUT2D eigenvalue weighted by Crippen LogP contribution is 2.43. The maximum atomic E-state index is 11.9. The van der Waals surface area contributed by atoms with E-state index in [1.807, 2.05) is 48.6 Å². The van der Waals surface area contributed by atoms with E-state index in [9.17, 15) is 5.11 Å². The van der Waals surface area contributed by atoms with Crippen molar-refractivity contribution in [3.63, 3.8) is 0 Å². The van der Waals surface area contributed by atoms with Gasteiger partial charge in [0.25, 0.3) is 0 Å². The van der Waals surface area contributed by atoms with E-state index in [1.54, 1.807) is 19.5 Å². The van der Waals surface area contributed by atoms with Gasteiger partial charge in [-0.1, -0.05) is 57.3 Å². The molecule has 1 aliphatic rings. The summed E-state index contributed by atoms with van der Waals surface area (Å²) in [4.78, 5) is 4.09. The Hall–Kier alpha value is -2.63. The fourth-order valence-electron chi connectivity index (χ4n) is 4.39. The third kappa shape index (κ3) is 7.44. The number of hydrogen-bond acceptors (Lipinski definition) is 5. The van der Waals surface area contributed by atoms with Crippen molar-refractivity contribution in [3.05, 3.63) is 78.2 Å². The van der Waals surface area contributed by atoms with Crippen LogP contribution >= 0.6 is 0 Å². The number of ether oxygens (including phenoxy) is 3. The summed E-state index contributed by atoms with van der Waals surface area (Å²) in [7, 11) is 1.59. The van der Waals surface area contributed by atoms with Gasteiger partial charge in [0.1, 0.15) is 17.1 Å². The van der Waals surface area contributed by atoms with Crippen molar-refractivity contribution in [1.82, 2.24) is 4.98 Å². The number of allylic oxidation sites excluding steroid dienone is 2. The number of aryl methyl sites for hydroxylation is 1. The Labute approximate surface area is 204 Å². The zero-order valence-electron chi connectivity index (χ0n) is 20.6. The van der Waals surface area contributed by atoms with Gasteiger partial charge in [0, 0.05) is 37.1 Å². The maximum absolute atomic E-state index is 11.9. The molecule has 0 fully saturated rings. The molecule has 2 aromatic rings. The fraction of sp³-hybridized carbons (Fsp3) is 0.483. The highest BCUT2D eigenvalue weighted by atomic mass is 16.7. The third-order valence-corrected chi connectivity index (χ3v) is 6.35. The highest BCUT2D eigenvalue weighted by Gasteiger charge is 2.38. The summed E-state index contributed by atoms with van der Waals surface area (Å²) in [5.74, 6) is 1.24. The van der Waals surface area contributed by atoms with E-state index < -0.39 is 5.60 Å². The first kappa shape index (κ1) is 26.0. The molecule has 1 aliphatic carbocycles. The van der Waals surface area contributed by atoms with Crippen molar-refractivity contribution in [1.29, 1.82) is 0 Å². The normalized spacial score (nSPS) is 19.3. The quantitative estimate of drug-likeness (QED) is 0.245. The minimum Gasteiger partial charge on any atom is -0.493 e. The monoisotopic (exact) mass is 465 g/mol. The fourth-order valence-corrected chi connectivity index (χ4v) is 4.39. The van der Waals surface area contributed by atoms with E-state index in [0.29, 0.717) is 12.4 Å². The second kappa shape index (κ2) is 13.9. The standard InChI is InChI=1S/C29H39NO4/c1-3-4-5-6-7-10-21-33-26-14-15-27(28(22-26)34-23-32-2)29(31)18-9-8-11-25(29)13-12-24-16-19-30-20-17-24/h8-9,11,14-20,22,25,31H,3-7,10,12-13,21,23H2,1-2H3. The van der Waals surface area contributed by atoms with Gasteiger partial charge < -0.3 is 19.3 Å². The first-order valence-corrected chi connectivity index (χ1v) is 12.5. The number of aliphatic hydroxyl groups is 1. The van der Waals surface area contributed by atoms with Crippen LogP contribution in [-0.2, 0) is 16.8 Å². The lowest BCUT2D eigenvalue weighted by molar-refractivity contribution is 0.0234. The number of methoxy groups -OCH3 is 1. The van der Waals surface area contributed by atoms with Gasteiger partial charge in [-0.3, -0.25) is 4.98 Å². The molecule has 0 saturated carbocycles. The molecule has 0 spiro atoms. The van der Waals surface area contributed by atoms with Gasteiger partial charge in [0.15, 0.2) is 6.79 Å². The molecule has 0 aliphatic heterocycles. The molecular formula is C29H39NO4. The van der Waals surface area contributed by atoms with E-state index in [-0.39, 0.29) is 12.7 Å². The first-order valence-electron chi connectivity index (χ1n) is 12.5. The Morgan fingerprint density at radius 1 is 0.971 bits per heavy atom. The summed E-state index contributed by atoms with van der Waals surface area (Å²) < 4.78 is 17.1. The Bertz CT molecular complexity index is 912. The molecule has 0 amide bonds. The number of hydrogen-bond donors (Lipinski definition) is 1. The second-order valence-electron chi connectivity index (χ2n) is 8.90. The number of nitrogens with zero attached hydrogens (tertiary/aromatic N) is 1. The molecule has 5 heteroatoms. The lowest BCUT2D eigenvalue weighted by Gasteiger charge is -2.35. The summed E-state index contributed by atoms with van der Waals surface area (Å²) in [6.45, 7) is 3.01. The van der Waals surface area contributed by atoms with Gasteiger partial charge in [0.2, 0.25) is 0 Å². The van der Waals surface area contributed by atoms with Crippen LogP contribution in [0.2, 0.25) is 0 Å². The third-order valence-electron chi connectivity index (χ3n) is 6.35. The zero-order valence-corrected chi connectivity index (χ0v) is 20.6.